The number of nitrogens with zero attached hydrogens (tertiary/aromatic N) is 1. The quantitative estimate of drug-likeness (QED) is 0.724. The number of hydrogen-bond donors (Lipinski definition) is 0. The van der Waals surface area contributed by atoms with Gasteiger partial charge in [0.15, 0.2) is 0 Å². The lowest BCUT2D eigenvalue weighted by Crippen LogP contribution is -2.26. The third-order valence-corrected chi connectivity index (χ3v) is 3.09. The van der Waals surface area contributed by atoms with E-state index in [1.807, 2.05) is 0 Å². The fourth-order valence-corrected chi connectivity index (χ4v) is 2.23. The first-order valence-electron chi connectivity index (χ1n) is 5.90. The molecule has 0 spiro atoms. The summed E-state index contributed by atoms with van der Waals surface area (Å²) >= 11 is 0. The molecule has 0 N–H and O–H groups in total. The van der Waals surface area contributed by atoms with Crippen LogP contribution in [0.3, 0.4) is 0 Å². The van der Waals surface area contributed by atoms with Crippen molar-refractivity contribution < 1.29 is 0 Å². The highest BCUT2D eigenvalue weighted by atomic mass is 15.1. The van der Waals surface area contributed by atoms with Crippen LogP contribution in [-0.4, -0.2) is 18.0 Å². The van der Waals surface area contributed by atoms with Crippen LogP contribution < -0.4 is 0 Å². The molecule has 1 atom stereocenters. The molecule has 1 aromatic carbocycles. The predicted molar refractivity (Wildman–Crippen MR) is 67.3 cm³/mol. The first-order chi connectivity index (χ1) is 7.08. The molecule has 0 radical (unpaired) electrons. The van der Waals surface area contributed by atoms with Gasteiger partial charge < -0.3 is 0 Å². The monoisotopic (exact) mass is 205 g/mol. The van der Waals surface area contributed by atoms with Gasteiger partial charge in [-0.2, -0.15) is 0 Å². The van der Waals surface area contributed by atoms with Gasteiger partial charge >= 0.3 is 0 Å². The van der Waals surface area contributed by atoms with Crippen molar-refractivity contribution in [3.05, 3.63) is 34.9 Å². The second kappa shape index (κ2) is 5.32. The SMILES string of the molecule is CCN(CC)C(C)c1cc(C)cc(C)c1. The molecular formula is C14H23N. The first kappa shape index (κ1) is 12.3. The molecule has 1 nitrogen and oxygen atoms in total. The van der Waals surface area contributed by atoms with E-state index in [1.165, 1.54) is 16.7 Å². The third kappa shape index (κ3) is 3.07. The minimum atomic E-state index is 0.526. The molecule has 1 aromatic rings. The number of hydrogen-bond acceptors (Lipinski definition) is 1. The van der Waals surface area contributed by atoms with Gasteiger partial charge in [0.05, 0.1) is 0 Å². The molecule has 0 aliphatic heterocycles. The van der Waals surface area contributed by atoms with Crippen LogP contribution in [0.4, 0.5) is 0 Å². The summed E-state index contributed by atoms with van der Waals surface area (Å²) in [6.07, 6.45) is 0. The van der Waals surface area contributed by atoms with Crippen LogP contribution >= 0.6 is 0 Å². The topological polar surface area (TPSA) is 3.24 Å². The molecule has 1 rings (SSSR count). The highest BCUT2D eigenvalue weighted by Crippen LogP contribution is 2.21. The van der Waals surface area contributed by atoms with E-state index in [0.29, 0.717) is 6.04 Å². The lowest BCUT2D eigenvalue weighted by atomic mass is 10.0. The molecule has 0 aliphatic carbocycles. The molecule has 0 saturated carbocycles. The van der Waals surface area contributed by atoms with Crippen molar-refractivity contribution in [3.63, 3.8) is 0 Å². The fourth-order valence-electron chi connectivity index (χ4n) is 2.23. The van der Waals surface area contributed by atoms with E-state index in [2.05, 4.69) is 57.7 Å². The molecule has 0 bridgehead atoms. The molecule has 1 unspecified atom stereocenters. The zero-order valence-electron chi connectivity index (χ0n) is 10.7. The van der Waals surface area contributed by atoms with Crippen molar-refractivity contribution in [2.24, 2.45) is 0 Å². The van der Waals surface area contributed by atoms with Crippen LogP contribution in [0.25, 0.3) is 0 Å². The van der Waals surface area contributed by atoms with Gasteiger partial charge in [0, 0.05) is 6.04 Å². The fraction of sp³-hybridized carbons (Fsp3) is 0.571. The van der Waals surface area contributed by atoms with E-state index in [0.717, 1.165) is 13.1 Å². The average Bonchev–Trinajstić information content (AvgIpc) is 2.18. The molecule has 0 amide bonds. The van der Waals surface area contributed by atoms with E-state index < -0.39 is 0 Å². The zero-order valence-corrected chi connectivity index (χ0v) is 10.7. The Kier molecular flexibility index (Phi) is 4.34. The van der Waals surface area contributed by atoms with Gasteiger partial charge in [-0.05, 0) is 39.4 Å². The van der Waals surface area contributed by atoms with E-state index in [-0.39, 0.29) is 0 Å². The lowest BCUT2D eigenvalue weighted by molar-refractivity contribution is 0.234. The van der Waals surface area contributed by atoms with Crippen molar-refractivity contribution >= 4 is 0 Å². The molecule has 15 heavy (non-hydrogen) atoms. The van der Waals surface area contributed by atoms with Crippen LogP contribution in [0.15, 0.2) is 18.2 Å². The molecule has 0 heterocycles. The van der Waals surface area contributed by atoms with E-state index >= 15 is 0 Å². The summed E-state index contributed by atoms with van der Waals surface area (Å²) < 4.78 is 0. The van der Waals surface area contributed by atoms with Gasteiger partial charge in [0.1, 0.15) is 0 Å². The van der Waals surface area contributed by atoms with Crippen LogP contribution in [-0.2, 0) is 0 Å². The Hall–Kier alpha value is -0.820. The van der Waals surface area contributed by atoms with Crippen LogP contribution in [0, 0.1) is 13.8 Å². The maximum absolute atomic E-state index is 2.48. The molecule has 0 aromatic heterocycles. The summed E-state index contributed by atoms with van der Waals surface area (Å²) in [5.41, 5.74) is 4.17. The summed E-state index contributed by atoms with van der Waals surface area (Å²) in [5, 5.41) is 0. The Bertz CT molecular complexity index is 293. The molecule has 1 heteroatoms. The standard InChI is InChI=1S/C14H23N/c1-6-15(7-2)13(5)14-9-11(3)8-12(4)10-14/h8-10,13H,6-7H2,1-5H3. The van der Waals surface area contributed by atoms with E-state index in [9.17, 15) is 0 Å². The van der Waals surface area contributed by atoms with Crippen LogP contribution in [0.1, 0.15) is 43.5 Å². The summed E-state index contributed by atoms with van der Waals surface area (Å²) in [6.45, 7) is 13.3. The number of rotatable bonds is 4. The molecule has 0 saturated heterocycles. The van der Waals surface area contributed by atoms with Crippen molar-refractivity contribution in [2.75, 3.05) is 13.1 Å². The Morgan fingerprint density at radius 2 is 1.47 bits per heavy atom. The second-order valence-corrected chi connectivity index (χ2v) is 4.32. The van der Waals surface area contributed by atoms with Gasteiger partial charge in [0.2, 0.25) is 0 Å². The normalized spacial score (nSPS) is 13.2. The first-order valence-corrected chi connectivity index (χ1v) is 5.90. The molecule has 84 valence electrons. The highest BCUT2D eigenvalue weighted by Gasteiger charge is 2.12. The van der Waals surface area contributed by atoms with Crippen molar-refractivity contribution in [2.45, 2.75) is 40.7 Å². The average molecular weight is 205 g/mol. The van der Waals surface area contributed by atoms with Gasteiger partial charge in [0.25, 0.3) is 0 Å². The van der Waals surface area contributed by atoms with Crippen LogP contribution in [0.2, 0.25) is 0 Å². The van der Waals surface area contributed by atoms with Gasteiger partial charge in [-0.25, -0.2) is 0 Å². The zero-order chi connectivity index (χ0) is 11.4. The number of aryl methyl sites for hydroxylation is 2. The van der Waals surface area contributed by atoms with E-state index in [1.54, 1.807) is 0 Å². The number of benzene rings is 1. The van der Waals surface area contributed by atoms with Crippen molar-refractivity contribution in [1.82, 2.24) is 4.90 Å². The lowest BCUT2D eigenvalue weighted by Gasteiger charge is -2.27. The Morgan fingerprint density at radius 1 is 1.00 bits per heavy atom. The maximum Gasteiger partial charge on any atom is 0.0319 e. The minimum Gasteiger partial charge on any atom is -0.297 e. The Labute approximate surface area is 94.1 Å². The third-order valence-electron chi connectivity index (χ3n) is 3.09. The second-order valence-electron chi connectivity index (χ2n) is 4.32. The maximum atomic E-state index is 2.48. The van der Waals surface area contributed by atoms with Gasteiger partial charge in [-0.1, -0.05) is 43.2 Å². The van der Waals surface area contributed by atoms with Gasteiger partial charge in [-0.15, -0.1) is 0 Å². The van der Waals surface area contributed by atoms with Gasteiger partial charge in [-0.3, -0.25) is 4.90 Å². The minimum absolute atomic E-state index is 0.526. The molecule has 0 aliphatic rings. The summed E-state index contributed by atoms with van der Waals surface area (Å²) in [7, 11) is 0. The van der Waals surface area contributed by atoms with Crippen molar-refractivity contribution in [1.29, 1.82) is 0 Å². The summed E-state index contributed by atoms with van der Waals surface area (Å²) in [5.74, 6) is 0. The summed E-state index contributed by atoms with van der Waals surface area (Å²) in [4.78, 5) is 2.48. The Balaban J connectivity index is 2.94. The molecular weight excluding hydrogens is 182 g/mol. The largest absolute Gasteiger partial charge is 0.297 e. The highest BCUT2D eigenvalue weighted by molar-refractivity contribution is 5.30. The van der Waals surface area contributed by atoms with Crippen molar-refractivity contribution in [3.8, 4) is 0 Å². The predicted octanol–water partition coefficient (Wildman–Crippen LogP) is 3.71. The molecule has 0 fully saturated rings. The summed E-state index contributed by atoms with van der Waals surface area (Å²) in [6, 6.07) is 7.36. The smallest absolute Gasteiger partial charge is 0.0319 e. The van der Waals surface area contributed by atoms with Crippen LogP contribution in [0.5, 0.6) is 0 Å². The van der Waals surface area contributed by atoms with E-state index in [4.69, 9.17) is 0 Å². The Morgan fingerprint density at radius 3 is 1.87 bits per heavy atom.